The second-order valence-corrected chi connectivity index (χ2v) is 6.60. The van der Waals surface area contributed by atoms with Crippen molar-refractivity contribution in [2.45, 2.75) is 19.8 Å². The molecule has 3 rings (SSSR count). The second-order valence-electron chi connectivity index (χ2n) is 5.75. The molecule has 0 bridgehead atoms. The van der Waals surface area contributed by atoms with Crippen LogP contribution in [0.4, 0.5) is 0 Å². The molecule has 7 nitrogen and oxygen atoms in total. The average molecular weight is 429 g/mol. The van der Waals surface area contributed by atoms with E-state index in [1.807, 2.05) is 26.0 Å². The molecule has 0 saturated heterocycles. The number of rotatable bonds is 5. The Morgan fingerprint density at radius 2 is 2.22 bits per heavy atom. The molecule has 1 atom stereocenters. The molecule has 0 fully saturated rings. The zero-order valence-corrected chi connectivity index (χ0v) is 16.4. The molecule has 8 heteroatoms. The molecular formula is C19H17BrN4O3. The number of hydrogen-bond donors (Lipinski definition) is 2. The number of hydrogen-bond acceptors (Lipinski definition) is 6. The van der Waals surface area contributed by atoms with E-state index >= 15 is 0 Å². The van der Waals surface area contributed by atoms with Gasteiger partial charge in [-0.3, -0.25) is 5.10 Å². The zero-order valence-electron chi connectivity index (χ0n) is 14.8. The number of allylic oxidation sites excluding steroid dienone is 1. The fourth-order valence-electron chi connectivity index (χ4n) is 3.00. The summed E-state index contributed by atoms with van der Waals surface area (Å²) in [5.41, 5.74) is 8.60. The van der Waals surface area contributed by atoms with E-state index in [0.29, 0.717) is 34.0 Å². The third-order valence-electron chi connectivity index (χ3n) is 4.09. The lowest BCUT2D eigenvalue weighted by atomic mass is 9.84. The molecule has 0 spiro atoms. The Morgan fingerprint density at radius 1 is 1.44 bits per heavy atom. The third kappa shape index (κ3) is 3.32. The fraction of sp³-hybridized carbons (Fsp3) is 0.263. The minimum Gasteiger partial charge on any atom is -0.490 e. The molecule has 0 radical (unpaired) electrons. The van der Waals surface area contributed by atoms with Crippen molar-refractivity contribution < 1.29 is 14.2 Å². The van der Waals surface area contributed by atoms with E-state index in [9.17, 15) is 5.26 Å². The molecule has 0 saturated carbocycles. The van der Waals surface area contributed by atoms with Crippen molar-refractivity contribution in [3.8, 4) is 35.8 Å². The summed E-state index contributed by atoms with van der Waals surface area (Å²) >= 11 is 3.51. The van der Waals surface area contributed by atoms with Crippen LogP contribution in [0.15, 0.2) is 28.1 Å². The van der Waals surface area contributed by atoms with Crippen LogP contribution in [0.2, 0.25) is 0 Å². The van der Waals surface area contributed by atoms with Crippen LogP contribution in [-0.4, -0.2) is 23.4 Å². The summed E-state index contributed by atoms with van der Waals surface area (Å²) in [6, 6.07) is 5.82. The molecule has 138 valence electrons. The SMILES string of the molecule is C#CCOc1c(Br)cc([C@@H]2C(C#N)=C(N)Oc3n[nH]c(C)c32)cc1OCC. The van der Waals surface area contributed by atoms with Crippen molar-refractivity contribution in [1.82, 2.24) is 10.2 Å². The maximum atomic E-state index is 9.67. The van der Waals surface area contributed by atoms with Gasteiger partial charge in [-0.15, -0.1) is 11.5 Å². The summed E-state index contributed by atoms with van der Waals surface area (Å²) in [5.74, 6) is 3.39. The molecule has 0 amide bonds. The lowest BCUT2D eigenvalue weighted by Crippen LogP contribution is -2.21. The maximum absolute atomic E-state index is 9.67. The number of ether oxygens (including phenoxy) is 3. The summed E-state index contributed by atoms with van der Waals surface area (Å²) in [5, 5.41) is 16.7. The number of nitrogens with zero attached hydrogens (tertiary/aromatic N) is 2. The van der Waals surface area contributed by atoms with Gasteiger partial charge in [-0.05, 0) is 47.5 Å². The van der Waals surface area contributed by atoms with Crippen molar-refractivity contribution in [1.29, 1.82) is 5.26 Å². The molecule has 0 aliphatic carbocycles. The van der Waals surface area contributed by atoms with Crippen LogP contribution in [0.3, 0.4) is 0 Å². The van der Waals surface area contributed by atoms with Crippen molar-refractivity contribution >= 4 is 15.9 Å². The van der Waals surface area contributed by atoms with Crippen LogP contribution in [0.25, 0.3) is 0 Å². The lowest BCUT2D eigenvalue weighted by molar-refractivity contribution is 0.297. The molecule has 2 aromatic rings. The first-order valence-electron chi connectivity index (χ1n) is 8.16. The first kappa shape index (κ1) is 18.7. The van der Waals surface area contributed by atoms with Gasteiger partial charge < -0.3 is 19.9 Å². The molecule has 1 aliphatic rings. The normalized spacial score (nSPS) is 15.4. The number of benzene rings is 1. The topological polar surface area (TPSA) is 106 Å². The van der Waals surface area contributed by atoms with Gasteiger partial charge in [0.05, 0.1) is 17.0 Å². The van der Waals surface area contributed by atoms with Crippen LogP contribution >= 0.6 is 15.9 Å². The Morgan fingerprint density at radius 3 is 2.89 bits per heavy atom. The predicted octanol–water partition coefficient (Wildman–Crippen LogP) is 3.11. The molecule has 1 aliphatic heterocycles. The number of aryl methyl sites for hydroxylation is 1. The number of fused-ring (bicyclic) bond motifs is 1. The van der Waals surface area contributed by atoms with Crippen LogP contribution in [0, 0.1) is 30.6 Å². The highest BCUT2D eigenvalue weighted by atomic mass is 79.9. The second kappa shape index (κ2) is 7.65. The molecule has 1 aromatic heterocycles. The summed E-state index contributed by atoms with van der Waals surface area (Å²) < 4.78 is 17.5. The Kier molecular flexibility index (Phi) is 5.29. The highest BCUT2D eigenvalue weighted by Gasteiger charge is 2.35. The van der Waals surface area contributed by atoms with Crippen LogP contribution < -0.4 is 19.9 Å². The van der Waals surface area contributed by atoms with Crippen LogP contribution in [0.5, 0.6) is 17.4 Å². The van der Waals surface area contributed by atoms with Gasteiger partial charge in [-0.25, -0.2) is 0 Å². The van der Waals surface area contributed by atoms with E-state index in [1.165, 1.54) is 0 Å². The Bertz CT molecular complexity index is 998. The van der Waals surface area contributed by atoms with Gasteiger partial charge in [0.1, 0.15) is 18.2 Å². The molecule has 3 N–H and O–H groups in total. The van der Waals surface area contributed by atoms with Crippen molar-refractivity contribution in [3.05, 3.63) is 44.9 Å². The first-order chi connectivity index (χ1) is 13.0. The number of nitrogens with one attached hydrogen (secondary N) is 1. The predicted molar refractivity (Wildman–Crippen MR) is 102 cm³/mol. The number of halogens is 1. The van der Waals surface area contributed by atoms with Crippen molar-refractivity contribution in [2.75, 3.05) is 13.2 Å². The number of aromatic nitrogens is 2. The number of aromatic amines is 1. The summed E-state index contributed by atoms with van der Waals surface area (Å²) in [4.78, 5) is 0. The Hall–Kier alpha value is -3.10. The number of terminal acetylenes is 1. The van der Waals surface area contributed by atoms with E-state index in [2.05, 4.69) is 38.1 Å². The number of nitriles is 1. The van der Waals surface area contributed by atoms with Crippen molar-refractivity contribution in [3.63, 3.8) is 0 Å². The van der Waals surface area contributed by atoms with E-state index in [4.69, 9.17) is 26.4 Å². The standard InChI is InChI=1S/C19H17BrN4O3/c1-4-6-26-17-13(20)7-11(8-14(17)25-5-2)16-12(9-21)18(22)27-19-15(16)10(3)23-24-19/h1,7-8,16H,5-6,22H2,2-3H3,(H,23,24)/t16-/m1/s1. The zero-order chi connectivity index (χ0) is 19.6. The van der Waals surface area contributed by atoms with E-state index in [1.54, 1.807) is 0 Å². The molecular weight excluding hydrogens is 412 g/mol. The Balaban J connectivity index is 2.19. The summed E-state index contributed by atoms with van der Waals surface area (Å²) in [6.45, 7) is 4.28. The summed E-state index contributed by atoms with van der Waals surface area (Å²) in [7, 11) is 0. The molecule has 1 aromatic carbocycles. The lowest BCUT2D eigenvalue weighted by Gasteiger charge is -2.25. The van der Waals surface area contributed by atoms with Gasteiger partial charge in [-0.1, -0.05) is 5.92 Å². The smallest absolute Gasteiger partial charge is 0.244 e. The maximum Gasteiger partial charge on any atom is 0.244 e. The monoisotopic (exact) mass is 428 g/mol. The van der Waals surface area contributed by atoms with Gasteiger partial charge in [0.25, 0.3) is 0 Å². The number of H-pyrrole nitrogens is 1. The highest BCUT2D eigenvalue weighted by molar-refractivity contribution is 9.10. The minimum absolute atomic E-state index is 0.0308. The van der Waals surface area contributed by atoms with Gasteiger partial charge in [0.2, 0.25) is 11.8 Å². The molecule has 0 unspecified atom stereocenters. The highest BCUT2D eigenvalue weighted by Crippen LogP contribution is 2.46. The van der Waals surface area contributed by atoms with Gasteiger partial charge in [-0.2, -0.15) is 5.26 Å². The van der Waals surface area contributed by atoms with Crippen LogP contribution in [-0.2, 0) is 0 Å². The quantitative estimate of drug-likeness (QED) is 0.708. The van der Waals surface area contributed by atoms with Gasteiger partial charge in [0.15, 0.2) is 11.5 Å². The van der Waals surface area contributed by atoms with Crippen LogP contribution in [0.1, 0.15) is 29.7 Å². The summed E-state index contributed by atoms with van der Waals surface area (Å²) in [6.07, 6.45) is 5.30. The minimum atomic E-state index is -0.449. The van der Waals surface area contributed by atoms with E-state index in [0.717, 1.165) is 16.8 Å². The van der Waals surface area contributed by atoms with E-state index < -0.39 is 5.92 Å². The van der Waals surface area contributed by atoms with Gasteiger partial charge in [0, 0.05) is 11.3 Å². The first-order valence-corrected chi connectivity index (χ1v) is 8.96. The largest absolute Gasteiger partial charge is 0.490 e. The van der Waals surface area contributed by atoms with Crippen molar-refractivity contribution in [2.24, 2.45) is 5.73 Å². The number of nitrogens with two attached hydrogens (primary N) is 1. The van der Waals surface area contributed by atoms with E-state index in [-0.39, 0.29) is 12.5 Å². The average Bonchev–Trinajstić information content (AvgIpc) is 3.00. The van der Waals surface area contributed by atoms with Gasteiger partial charge >= 0.3 is 0 Å². The Labute approximate surface area is 165 Å². The third-order valence-corrected chi connectivity index (χ3v) is 4.68. The molecule has 27 heavy (non-hydrogen) atoms. The fourth-order valence-corrected chi connectivity index (χ4v) is 3.58. The molecule has 2 heterocycles.